The number of nitrogens with zero attached hydrogens (tertiary/aromatic N) is 3. The molecule has 0 amide bonds. The van der Waals surface area contributed by atoms with Crippen LogP contribution in [0.2, 0.25) is 0 Å². The quantitative estimate of drug-likeness (QED) is 0.205. The molecule has 50 heavy (non-hydrogen) atoms. The highest BCUT2D eigenvalue weighted by molar-refractivity contribution is 6.08. The van der Waals surface area contributed by atoms with E-state index in [1.54, 1.807) is 0 Å². The first-order valence-electron chi connectivity index (χ1n) is 17.6. The van der Waals surface area contributed by atoms with E-state index in [-0.39, 0.29) is 16.2 Å². The SMILES string of the molecule is CC(C)(C)c1cc(-c2cc(-c3ccccc3)ccn2)cc(-n2c3ccccc3c3ccc(-c4cc(C(C)(C)C)cc(C(C)(C)C)c4O)nc32)c1. The van der Waals surface area contributed by atoms with Crippen LogP contribution in [0.25, 0.3) is 61.3 Å². The number of benzene rings is 4. The third kappa shape index (κ3) is 6.08. The van der Waals surface area contributed by atoms with Gasteiger partial charge in [0, 0.05) is 39.3 Å². The van der Waals surface area contributed by atoms with Gasteiger partial charge in [-0.2, -0.15) is 0 Å². The van der Waals surface area contributed by atoms with Gasteiger partial charge < -0.3 is 5.11 Å². The van der Waals surface area contributed by atoms with Crippen molar-refractivity contribution in [3.8, 4) is 45.1 Å². The second kappa shape index (κ2) is 12.0. The van der Waals surface area contributed by atoms with Crippen LogP contribution in [0.1, 0.15) is 79.0 Å². The third-order valence-corrected chi connectivity index (χ3v) is 9.79. The molecule has 3 heterocycles. The summed E-state index contributed by atoms with van der Waals surface area (Å²) in [5, 5.41) is 14.0. The number of pyridine rings is 2. The Morgan fingerprint density at radius 3 is 1.92 bits per heavy atom. The van der Waals surface area contributed by atoms with Crippen molar-refractivity contribution in [3.63, 3.8) is 0 Å². The molecule has 0 aliphatic carbocycles. The number of hydrogen-bond donors (Lipinski definition) is 1. The smallest absolute Gasteiger partial charge is 0.146 e. The molecule has 0 spiro atoms. The van der Waals surface area contributed by atoms with Crippen LogP contribution in [0, 0.1) is 0 Å². The molecule has 0 atom stereocenters. The molecule has 7 rings (SSSR count). The molecule has 4 nitrogen and oxygen atoms in total. The van der Waals surface area contributed by atoms with Gasteiger partial charge in [-0.3, -0.25) is 9.55 Å². The monoisotopic (exact) mass is 657 g/mol. The summed E-state index contributed by atoms with van der Waals surface area (Å²) in [6, 6.07) is 38.5. The molecule has 0 bridgehead atoms. The van der Waals surface area contributed by atoms with Gasteiger partial charge in [-0.25, -0.2) is 4.98 Å². The lowest BCUT2D eigenvalue weighted by molar-refractivity contribution is 0.446. The third-order valence-electron chi connectivity index (χ3n) is 9.79. The van der Waals surface area contributed by atoms with Crippen LogP contribution in [-0.4, -0.2) is 19.6 Å². The fraction of sp³-hybridized carbons (Fsp3) is 0.261. The van der Waals surface area contributed by atoms with Crippen molar-refractivity contribution < 1.29 is 5.11 Å². The predicted molar refractivity (Wildman–Crippen MR) is 210 cm³/mol. The van der Waals surface area contributed by atoms with E-state index < -0.39 is 0 Å². The lowest BCUT2D eigenvalue weighted by atomic mass is 9.78. The van der Waals surface area contributed by atoms with Gasteiger partial charge in [0.2, 0.25) is 0 Å². The van der Waals surface area contributed by atoms with Gasteiger partial charge in [-0.1, -0.05) is 117 Å². The van der Waals surface area contributed by atoms with Crippen molar-refractivity contribution in [1.82, 2.24) is 14.5 Å². The fourth-order valence-electron chi connectivity index (χ4n) is 6.81. The van der Waals surface area contributed by atoms with Crippen LogP contribution in [0.3, 0.4) is 0 Å². The number of hydrogen-bond acceptors (Lipinski definition) is 3. The van der Waals surface area contributed by atoms with Crippen LogP contribution >= 0.6 is 0 Å². The van der Waals surface area contributed by atoms with Crippen molar-refractivity contribution >= 4 is 21.9 Å². The van der Waals surface area contributed by atoms with E-state index in [0.29, 0.717) is 5.75 Å². The molecule has 4 heteroatoms. The van der Waals surface area contributed by atoms with E-state index in [2.05, 4.69) is 170 Å². The van der Waals surface area contributed by atoms with Crippen molar-refractivity contribution in [1.29, 1.82) is 0 Å². The summed E-state index contributed by atoms with van der Waals surface area (Å²) >= 11 is 0. The molecule has 3 aromatic heterocycles. The van der Waals surface area contributed by atoms with Crippen LogP contribution in [-0.2, 0) is 16.2 Å². The zero-order chi connectivity index (χ0) is 35.6. The fourth-order valence-corrected chi connectivity index (χ4v) is 6.81. The van der Waals surface area contributed by atoms with E-state index in [1.165, 1.54) is 11.1 Å². The lowest BCUT2D eigenvalue weighted by Crippen LogP contribution is -2.17. The zero-order valence-electron chi connectivity index (χ0n) is 30.8. The Balaban J connectivity index is 1.50. The van der Waals surface area contributed by atoms with E-state index in [1.807, 2.05) is 12.3 Å². The van der Waals surface area contributed by atoms with Gasteiger partial charge in [-0.15, -0.1) is 0 Å². The van der Waals surface area contributed by atoms with E-state index in [0.717, 1.165) is 66.8 Å². The second-order valence-corrected chi connectivity index (χ2v) is 16.7. The van der Waals surface area contributed by atoms with Gasteiger partial charge in [-0.05, 0) is 93.1 Å². The van der Waals surface area contributed by atoms with Gasteiger partial charge in [0.1, 0.15) is 11.4 Å². The van der Waals surface area contributed by atoms with Crippen LogP contribution in [0.4, 0.5) is 0 Å². The van der Waals surface area contributed by atoms with Crippen LogP contribution < -0.4 is 0 Å². The highest BCUT2D eigenvalue weighted by atomic mass is 16.3. The maximum atomic E-state index is 11.8. The standard InChI is InChI=1S/C46H47N3O/c1-44(2,3)32-23-31(40-25-30(21-22-47-40)29-15-11-10-12-16-29)24-34(26-32)49-41-18-14-13-17-35(41)36-19-20-39(48-43(36)49)37-27-33(45(4,5)6)28-38(42(37)50)46(7,8)9/h10-28,50H,1-9H3. The van der Waals surface area contributed by atoms with Crippen molar-refractivity contribution in [2.24, 2.45) is 0 Å². The highest BCUT2D eigenvalue weighted by Gasteiger charge is 2.27. The average molecular weight is 658 g/mol. The zero-order valence-corrected chi connectivity index (χ0v) is 30.8. The van der Waals surface area contributed by atoms with Crippen LogP contribution in [0.5, 0.6) is 5.75 Å². The highest BCUT2D eigenvalue weighted by Crippen LogP contribution is 2.43. The lowest BCUT2D eigenvalue weighted by Gasteiger charge is -2.27. The number of phenolic OH excluding ortho intramolecular Hbond substituents is 1. The van der Waals surface area contributed by atoms with Crippen molar-refractivity contribution in [2.75, 3.05) is 0 Å². The summed E-state index contributed by atoms with van der Waals surface area (Å²) in [6.07, 6.45) is 1.90. The number of fused-ring (bicyclic) bond motifs is 3. The van der Waals surface area contributed by atoms with Crippen molar-refractivity contribution in [3.05, 3.63) is 132 Å². The molecule has 0 unspecified atom stereocenters. The molecule has 0 saturated heterocycles. The molecule has 7 aromatic rings. The maximum Gasteiger partial charge on any atom is 0.146 e. The molecule has 252 valence electrons. The van der Waals surface area contributed by atoms with Gasteiger partial charge >= 0.3 is 0 Å². The molecule has 4 aromatic carbocycles. The predicted octanol–water partition coefficient (Wildman–Crippen LogP) is 12.2. The number of aromatic hydroxyl groups is 1. The van der Waals surface area contributed by atoms with Gasteiger partial charge in [0.05, 0.1) is 16.9 Å². The topological polar surface area (TPSA) is 50.9 Å². The molecule has 0 fully saturated rings. The average Bonchev–Trinajstić information content (AvgIpc) is 3.41. The van der Waals surface area contributed by atoms with E-state index >= 15 is 0 Å². The maximum absolute atomic E-state index is 11.8. The number of rotatable bonds is 4. The van der Waals surface area contributed by atoms with Crippen LogP contribution in [0.15, 0.2) is 115 Å². The Morgan fingerprint density at radius 1 is 0.540 bits per heavy atom. The van der Waals surface area contributed by atoms with Gasteiger partial charge in [0.25, 0.3) is 0 Å². The molecule has 0 aliphatic rings. The Bertz CT molecular complexity index is 2380. The molecular formula is C46H47N3O. The molecular weight excluding hydrogens is 611 g/mol. The Kier molecular flexibility index (Phi) is 7.98. The summed E-state index contributed by atoms with van der Waals surface area (Å²) in [7, 11) is 0. The normalized spacial score (nSPS) is 12.6. The minimum atomic E-state index is -0.241. The molecule has 0 aliphatic heterocycles. The number of para-hydroxylation sites is 1. The Hall–Kier alpha value is -5.22. The minimum absolute atomic E-state index is 0.100. The first-order valence-corrected chi connectivity index (χ1v) is 17.6. The first kappa shape index (κ1) is 33.3. The summed E-state index contributed by atoms with van der Waals surface area (Å²) in [4.78, 5) is 10.3. The number of phenols is 1. The Labute approximate surface area is 296 Å². The Morgan fingerprint density at radius 2 is 1.22 bits per heavy atom. The molecule has 0 radical (unpaired) electrons. The number of aromatic nitrogens is 3. The summed E-state index contributed by atoms with van der Waals surface area (Å²) in [6.45, 7) is 19.9. The van der Waals surface area contributed by atoms with E-state index in [4.69, 9.17) is 9.97 Å². The van der Waals surface area contributed by atoms with Crippen molar-refractivity contribution in [2.45, 2.75) is 78.6 Å². The molecule has 1 N–H and O–H groups in total. The van der Waals surface area contributed by atoms with E-state index in [9.17, 15) is 5.11 Å². The summed E-state index contributed by atoms with van der Waals surface area (Å²) < 4.78 is 2.28. The summed E-state index contributed by atoms with van der Waals surface area (Å²) in [5.41, 5.74) is 11.6. The molecule has 0 saturated carbocycles. The largest absolute Gasteiger partial charge is 0.507 e. The summed E-state index contributed by atoms with van der Waals surface area (Å²) in [5.74, 6) is 0.293. The minimum Gasteiger partial charge on any atom is -0.507 e. The first-order chi connectivity index (χ1) is 23.6. The second-order valence-electron chi connectivity index (χ2n) is 16.7. The van der Waals surface area contributed by atoms with Gasteiger partial charge in [0.15, 0.2) is 0 Å².